The molecule has 2 nitrogen and oxygen atoms in total. The van der Waals surface area contributed by atoms with Gasteiger partial charge in [-0.05, 0) is 37.3 Å². The van der Waals surface area contributed by atoms with Gasteiger partial charge in [-0.15, -0.1) is 0 Å². The Morgan fingerprint density at radius 1 is 1.31 bits per heavy atom. The molecule has 0 N–H and O–H groups in total. The highest BCUT2D eigenvalue weighted by molar-refractivity contribution is 7.80. The summed E-state index contributed by atoms with van der Waals surface area (Å²) in [5, 5.41) is 0. The summed E-state index contributed by atoms with van der Waals surface area (Å²) < 4.78 is 17.3. The molecule has 1 aliphatic rings. The molecule has 1 aromatic carbocycles. The monoisotopic (exact) mass is 238 g/mol. The Hall–Kier alpha value is -0.670. The molecule has 0 saturated heterocycles. The molecule has 0 aliphatic heterocycles. The Morgan fingerprint density at radius 2 is 1.94 bits per heavy atom. The molecule has 0 amide bonds. The van der Waals surface area contributed by atoms with Crippen LogP contribution in [0.1, 0.15) is 31.7 Å². The quantitative estimate of drug-likeness (QED) is 0.805. The number of rotatable bonds is 4. The van der Waals surface area contributed by atoms with Crippen molar-refractivity contribution in [3.05, 3.63) is 29.8 Å². The molecule has 1 atom stereocenters. The Labute approximate surface area is 99.7 Å². The van der Waals surface area contributed by atoms with Crippen molar-refractivity contribution in [2.75, 3.05) is 6.61 Å². The number of benzene rings is 1. The van der Waals surface area contributed by atoms with E-state index in [1.807, 2.05) is 31.2 Å². The summed E-state index contributed by atoms with van der Waals surface area (Å²) in [4.78, 5) is 0.758. The van der Waals surface area contributed by atoms with E-state index < -0.39 is 11.1 Å². The van der Waals surface area contributed by atoms with Gasteiger partial charge in [-0.25, -0.2) is 4.21 Å². The maximum atomic E-state index is 11.8. The summed E-state index contributed by atoms with van der Waals surface area (Å²) >= 11 is -1.31. The minimum absolute atomic E-state index is 0.264. The normalized spacial score (nSPS) is 20.1. The first-order valence-electron chi connectivity index (χ1n) is 5.71. The smallest absolute Gasteiger partial charge is 0.189 e. The first kappa shape index (κ1) is 11.8. The SMILES string of the molecule is Cc1ccc(S(=O)OCC2(C)CCC2)cc1. The number of aryl methyl sites for hydroxylation is 1. The van der Waals surface area contributed by atoms with Crippen molar-refractivity contribution in [1.82, 2.24) is 0 Å². The molecule has 1 aliphatic carbocycles. The molecule has 1 aromatic rings. The van der Waals surface area contributed by atoms with E-state index in [0.717, 1.165) is 4.90 Å². The Morgan fingerprint density at radius 3 is 2.44 bits per heavy atom. The van der Waals surface area contributed by atoms with Crippen LogP contribution in [0.25, 0.3) is 0 Å². The number of hydrogen-bond donors (Lipinski definition) is 0. The van der Waals surface area contributed by atoms with Gasteiger partial charge < -0.3 is 0 Å². The summed E-state index contributed by atoms with van der Waals surface area (Å²) in [5.41, 5.74) is 1.44. The van der Waals surface area contributed by atoms with Gasteiger partial charge in [0, 0.05) is 0 Å². The average Bonchev–Trinajstić information content (AvgIpc) is 2.24. The first-order valence-corrected chi connectivity index (χ1v) is 6.78. The predicted molar refractivity (Wildman–Crippen MR) is 65.5 cm³/mol. The lowest BCUT2D eigenvalue weighted by Gasteiger charge is -2.37. The van der Waals surface area contributed by atoms with Crippen molar-refractivity contribution in [2.24, 2.45) is 5.41 Å². The average molecular weight is 238 g/mol. The van der Waals surface area contributed by atoms with Crippen LogP contribution in [0.15, 0.2) is 29.2 Å². The minimum atomic E-state index is -1.31. The second-order valence-corrected chi connectivity index (χ2v) is 6.15. The molecular formula is C13H18O2S. The van der Waals surface area contributed by atoms with Crippen LogP contribution >= 0.6 is 0 Å². The van der Waals surface area contributed by atoms with Crippen molar-refractivity contribution in [3.63, 3.8) is 0 Å². The Bertz CT molecular complexity index is 379. The van der Waals surface area contributed by atoms with Crippen molar-refractivity contribution in [3.8, 4) is 0 Å². The van der Waals surface area contributed by atoms with Crippen molar-refractivity contribution in [1.29, 1.82) is 0 Å². The van der Waals surface area contributed by atoms with E-state index in [9.17, 15) is 4.21 Å². The Balaban J connectivity index is 1.90. The van der Waals surface area contributed by atoms with Gasteiger partial charge in [-0.1, -0.05) is 31.0 Å². The van der Waals surface area contributed by atoms with E-state index in [1.54, 1.807) is 0 Å². The standard InChI is InChI=1S/C13H18O2S/c1-11-4-6-12(7-5-11)16(14)15-10-13(2)8-3-9-13/h4-7H,3,8-10H2,1-2H3. The third-order valence-corrected chi connectivity index (χ3v) is 4.28. The zero-order chi connectivity index (χ0) is 11.6. The summed E-state index contributed by atoms with van der Waals surface area (Å²) in [6.45, 7) is 4.82. The van der Waals surface area contributed by atoms with Crippen LogP contribution in [0.5, 0.6) is 0 Å². The fourth-order valence-corrected chi connectivity index (χ4v) is 2.72. The molecule has 16 heavy (non-hydrogen) atoms. The second-order valence-electron chi connectivity index (χ2n) is 4.97. The van der Waals surface area contributed by atoms with Crippen LogP contribution in [0.2, 0.25) is 0 Å². The van der Waals surface area contributed by atoms with E-state index in [0.29, 0.717) is 6.61 Å². The molecule has 3 heteroatoms. The van der Waals surface area contributed by atoms with E-state index >= 15 is 0 Å². The van der Waals surface area contributed by atoms with Crippen LogP contribution in [0.3, 0.4) is 0 Å². The zero-order valence-corrected chi connectivity index (χ0v) is 10.7. The first-order chi connectivity index (χ1) is 7.59. The molecule has 2 rings (SSSR count). The highest BCUT2D eigenvalue weighted by atomic mass is 32.2. The predicted octanol–water partition coefficient (Wildman–Crippen LogP) is 3.22. The van der Waals surface area contributed by atoms with Crippen molar-refractivity contribution >= 4 is 11.1 Å². The van der Waals surface area contributed by atoms with E-state index in [4.69, 9.17) is 4.18 Å². The van der Waals surface area contributed by atoms with Crippen molar-refractivity contribution in [2.45, 2.75) is 38.0 Å². The molecule has 1 unspecified atom stereocenters. The van der Waals surface area contributed by atoms with E-state index in [-0.39, 0.29) is 5.41 Å². The lowest BCUT2D eigenvalue weighted by molar-refractivity contribution is 0.0855. The summed E-state index contributed by atoms with van der Waals surface area (Å²) in [5.74, 6) is 0. The van der Waals surface area contributed by atoms with Gasteiger partial charge in [-0.2, -0.15) is 0 Å². The summed E-state index contributed by atoms with van der Waals surface area (Å²) in [6, 6.07) is 7.66. The zero-order valence-electron chi connectivity index (χ0n) is 9.86. The van der Waals surface area contributed by atoms with Crippen LogP contribution in [0, 0.1) is 12.3 Å². The molecule has 0 aromatic heterocycles. The lowest BCUT2D eigenvalue weighted by Crippen LogP contribution is -2.31. The second kappa shape index (κ2) is 4.68. The van der Waals surface area contributed by atoms with E-state index in [1.165, 1.54) is 24.8 Å². The highest BCUT2D eigenvalue weighted by Crippen LogP contribution is 2.40. The largest absolute Gasteiger partial charge is 0.286 e. The maximum absolute atomic E-state index is 11.8. The van der Waals surface area contributed by atoms with Gasteiger partial charge in [0.15, 0.2) is 11.1 Å². The number of hydrogen-bond acceptors (Lipinski definition) is 2. The van der Waals surface area contributed by atoms with Gasteiger partial charge in [0.05, 0.1) is 11.5 Å². The molecule has 1 saturated carbocycles. The van der Waals surface area contributed by atoms with Gasteiger partial charge in [0.1, 0.15) is 0 Å². The summed E-state index contributed by atoms with van der Waals surface area (Å²) in [7, 11) is 0. The fraction of sp³-hybridized carbons (Fsp3) is 0.538. The van der Waals surface area contributed by atoms with Gasteiger partial charge in [-0.3, -0.25) is 4.18 Å². The maximum Gasteiger partial charge on any atom is 0.189 e. The van der Waals surface area contributed by atoms with Crippen LogP contribution in [0.4, 0.5) is 0 Å². The molecule has 0 radical (unpaired) electrons. The molecule has 0 spiro atoms. The van der Waals surface area contributed by atoms with Gasteiger partial charge in [0.25, 0.3) is 0 Å². The van der Waals surface area contributed by atoms with Crippen LogP contribution < -0.4 is 0 Å². The third-order valence-electron chi connectivity index (χ3n) is 3.29. The molecule has 0 bridgehead atoms. The van der Waals surface area contributed by atoms with Crippen LogP contribution in [-0.2, 0) is 15.3 Å². The molecule has 0 heterocycles. The fourth-order valence-electron chi connectivity index (χ4n) is 1.84. The molecule has 88 valence electrons. The molecule has 1 fully saturated rings. The van der Waals surface area contributed by atoms with E-state index in [2.05, 4.69) is 6.92 Å². The van der Waals surface area contributed by atoms with Crippen LogP contribution in [-0.4, -0.2) is 10.8 Å². The minimum Gasteiger partial charge on any atom is -0.286 e. The Kier molecular flexibility index (Phi) is 3.45. The van der Waals surface area contributed by atoms with Crippen molar-refractivity contribution < 1.29 is 8.39 Å². The van der Waals surface area contributed by atoms with Gasteiger partial charge >= 0.3 is 0 Å². The lowest BCUT2D eigenvalue weighted by atomic mass is 9.71. The molecular weight excluding hydrogens is 220 g/mol. The van der Waals surface area contributed by atoms with Gasteiger partial charge in [0.2, 0.25) is 0 Å². The third kappa shape index (κ3) is 2.71. The summed E-state index contributed by atoms with van der Waals surface area (Å²) in [6.07, 6.45) is 3.66. The topological polar surface area (TPSA) is 26.3 Å². The highest BCUT2D eigenvalue weighted by Gasteiger charge is 2.32.